The summed E-state index contributed by atoms with van der Waals surface area (Å²) in [6, 6.07) is 10.4. The van der Waals surface area contributed by atoms with E-state index in [1.54, 1.807) is 4.68 Å². The van der Waals surface area contributed by atoms with Gasteiger partial charge in [0.05, 0.1) is 12.3 Å². The molecule has 96 valence electrons. The van der Waals surface area contributed by atoms with Gasteiger partial charge in [0.2, 0.25) is 0 Å². The molecule has 1 atom stereocenters. The molecule has 0 spiro atoms. The number of aliphatic hydroxyl groups excluding tert-OH is 1. The van der Waals surface area contributed by atoms with Gasteiger partial charge < -0.3 is 5.11 Å². The zero-order valence-electron chi connectivity index (χ0n) is 10.8. The van der Waals surface area contributed by atoms with Crippen LogP contribution in [0.3, 0.4) is 0 Å². The first-order valence-corrected chi connectivity index (χ1v) is 6.43. The highest BCUT2D eigenvalue weighted by Crippen LogP contribution is 2.10. The predicted octanol–water partition coefficient (Wildman–Crippen LogP) is 2.35. The highest BCUT2D eigenvalue weighted by atomic mass is 16.3. The summed E-state index contributed by atoms with van der Waals surface area (Å²) in [5.74, 6) is 0. The number of aromatic nitrogens is 2. The molecule has 0 aliphatic heterocycles. The van der Waals surface area contributed by atoms with Crippen molar-refractivity contribution in [2.75, 3.05) is 0 Å². The van der Waals surface area contributed by atoms with Crippen LogP contribution in [0, 0.1) is 0 Å². The van der Waals surface area contributed by atoms with Gasteiger partial charge in [-0.2, -0.15) is 5.10 Å². The Labute approximate surface area is 108 Å². The second-order valence-corrected chi connectivity index (χ2v) is 4.76. The number of aliphatic hydroxyl groups is 1. The maximum absolute atomic E-state index is 9.95. The van der Waals surface area contributed by atoms with Gasteiger partial charge in [0.15, 0.2) is 0 Å². The molecule has 0 fully saturated rings. The molecule has 0 aliphatic rings. The van der Waals surface area contributed by atoms with Gasteiger partial charge in [0.25, 0.3) is 0 Å². The van der Waals surface area contributed by atoms with Gasteiger partial charge in [0, 0.05) is 19.7 Å². The van der Waals surface area contributed by atoms with Crippen LogP contribution < -0.4 is 0 Å². The van der Waals surface area contributed by atoms with E-state index >= 15 is 0 Å². The molecule has 3 heteroatoms. The van der Waals surface area contributed by atoms with Crippen LogP contribution in [0.1, 0.15) is 24.0 Å². The molecule has 0 saturated carbocycles. The molecular weight excluding hydrogens is 224 g/mol. The zero-order chi connectivity index (χ0) is 12.8. The Hall–Kier alpha value is -1.61. The van der Waals surface area contributed by atoms with Gasteiger partial charge in [-0.05, 0) is 30.4 Å². The lowest BCUT2D eigenvalue weighted by Gasteiger charge is -2.08. The Balaban J connectivity index is 1.70. The number of nitrogens with zero attached hydrogens (tertiary/aromatic N) is 2. The van der Waals surface area contributed by atoms with Crippen molar-refractivity contribution in [3.8, 4) is 0 Å². The van der Waals surface area contributed by atoms with E-state index in [0.717, 1.165) is 24.8 Å². The fraction of sp³-hybridized carbons (Fsp3) is 0.400. The summed E-state index contributed by atoms with van der Waals surface area (Å²) >= 11 is 0. The molecule has 1 heterocycles. The highest BCUT2D eigenvalue weighted by molar-refractivity contribution is 5.14. The first-order chi connectivity index (χ1) is 8.74. The summed E-state index contributed by atoms with van der Waals surface area (Å²) < 4.78 is 1.77. The van der Waals surface area contributed by atoms with E-state index in [9.17, 15) is 5.11 Å². The van der Waals surface area contributed by atoms with E-state index in [2.05, 4.69) is 29.4 Å². The van der Waals surface area contributed by atoms with Crippen LogP contribution in [0.2, 0.25) is 0 Å². The maximum Gasteiger partial charge on any atom is 0.0581 e. The molecule has 0 bridgehead atoms. The molecule has 0 amide bonds. The number of hydrogen-bond donors (Lipinski definition) is 1. The van der Waals surface area contributed by atoms with E-state index in [-0.39, 0.29) is 6.10 Å². The lowest BCUT2D eigenvalue weighted by molar-refractivity contribution is 0.162. The van der Waals surface area contributed by atoms with Crippen molar-refractivity contribution in [3.05, 3.63) is 53.9 Å². The largest absolute Gasteiger partial charge is 0.393 e. The zero-order valence-corrected chi connectivity index (χ0v) is 10.8. The van der Waals surface area contributed by atoms with Gasteiger partial charge >= 0.3 is 0 Å². The van der Waals surface area contributed by atoms with Crippen LogP contribution in [0.5, 0.6) is 0 Å². The lowest BCUT2D eigenvalue weighted by atomic mass is 10.0. The molecule has 2 aromatic rings. The van der Waals surface area contributed by atoms with Crippen LogP contribution in [-0.4, -0.2) is 21.0 Å². The third-order valence-corrected chi connectivity index (χ3v) is 3.08. The second-order valence-electron chi connectivity index (χ2n) is 4.76. The van der Waals surface area contributed by atoms with Gasteiger partial charge in [-0.15, -0.1) is 0 Å². The van der Waals surface area contributed by atoms with Crippen LogP contribution >= 0.6 is 0 Å². The van der Waals surface area contributed by atoms with Gasteiger partial charge in [-0.3, -0.25) is 4.68 Å². The van der Waals surface area contributed by atoms with Crippen molar-refractivity contribution < 1.29 is 5.11 Å². The minimum atomic E-state index is -0.266. The van der Waals surface area contributed by atoms with E-state index in [4.69, 9.17) is 0 Å². The lowest BCUT2D eigenvalue weighted by Crippen LogP contribution is -2.10. The quantitative estimate of drug-likeness (QED) is 0.847. The Morgan fingerprint density at radius 3 is 2.67 bits per heavy atom. The average molecular weight is 244 g/mol. The molecule has 1 N–H and O–H groups in total. The summed E-state index contributed by atoms with van der Waals surface area (Å²) in [6.07, 6.45) is 7.10. The Morgan fingerprint density at radius 2 is 2.00 bits per heavy atom. The third-order valence-electron chi connectivity index (χ3n) is 3.08. The van der Waals surface area contributed by atoms with Crippen LogP contribution in [-0.2, 0) is 19.9 Å². The Bertz CT molecular complexity index is 464. The summed E-state index contributed by atoms with van der Waals surface area (Å²) in [7, 11) is 1.89. The molecular formula is C15H20N2O. The van der Waals surface area contributed by atoms with Crippen molar-refractivity contribution in [2.24, 2.45) is 7.05 Å². The highest BCUT2D eigenvalue weighted by Gasteiger charge is 2.07. The standard InChI is InChI=1S/C15H20N2O/c1-17-12-14(11-16-17)10-15(18)9-5-8-13-6-3-2-4-7-13/h2-4,6-7,11-12,15,18H,5,8-10H2,1H3. The van der Waals surface area contributed by atoms with Crippen molar-refractivity contribution in [3.63, 3.8) is 0 Å². The van der Waals surface area contributed by atoms with E-state index in [0.29, 0.717) is 6.42 Å². The third kappa shape index (κ3) is 4.00. The molecule has 0 saturated heterocycles. The number of benzene rings is 1. The van der Waals surface area contributed by atoms with Crippen LogP contribution in [0.4, 0.5) is 0 Å². The monoisotopic (exact) mass is 244 g/mol. The molecule has 2 rings (SSSR count). The molecule has 0 aliphatic carbocycles. The van der Waals surface area contributed by atoms with E-state index < -0.39 is 0 Å². The molecule has 1 aromatic heterocycles. The molecule has 3 nitrogen and oxygen atoms in total. The fourth-order valence-corrected chi connectivity index (χ4v) is 2.14. The number of hydrogen-bond acceptors (Lipinski definition) is 2. The summed E-state index contributed by atoms with van der Waals surface area (Å²) in [5, 5.41) is 14.1. The first kappa shape index (κ1) is 12.8. The van der Waals surface area contributed by atoms with Crippen molar-refractivity contribution in [1.82, 2.24) is 9.78 Å². The van der Waals surface area contributed by atoms with Gasteiger partial charge in [-0.25, -0.2) is 0 Å². The maximum atomic E-state index is 9.95. The fourth-order valence-electron chi connectivity index (χ4n) is 2.14. The van der Waals surface area contributed by atoms with Crippen LogP contribution in [0.25, 0.3) is 0 Å². The van der Waals surface area contributed by atoms with Crippen molar-refractivity contribution in [1.29, 1.82) is 0 Å². The van der Waals surface area contributed by atoms with E-state index in [1.807, 2.05) is 25.5 Å². The number of rotatable bonds is 6. The predicted molar refractivity (Wildman–Crippen MR) is 72.3 cm³/mol. The summed E-state index contributed by atoms with van der Waals surface area (Å²) in [6.45, 7) is 0. The molecule has 1 aromatic carbocycles. The molecule has 1 unspecified atom stereocenters. The smallest absolute Gasteiger partial charge is 0.0581 e. The Morgan fingerprint density at radius 1 is 1.22 bits per heavy atom. The second kappa shape index (κ2) is 6.36. The minimum Gasteiger partial charge on any atom is -0.393 e. The topological polar surface area (TPSA) is 38.0 Å². The van der Waals surface area contributed by atoms with E-state index in [1.165, 1.54) is 5.56 Å². The summed E-state index contributed by atoms with van der Waals surface area (Å²) in [5.41, 5.74) is 2.44. The molecule has 0 radical (unpaired) electrons. The Kier molecular flexibility index (Phi) is 4.53. The minimum absolute atomic E-state index is 0.266. The van der Waals surface area contributed by atoms with Gasteiger partial charge in [0.1, 0.15) is 0 Å². The first-order valence-electron chi connectivity index (χ1n) is 6.43. The van der Waals surface area contributed by atoms with Gasteiger partial charge in [-0.1, -0.05) is 30.3 Å². The normalized spacial score (nSPS) is 12.6. The van der Waals surface area contributed by atoms with Crippen LogP contribution in [0.15, 0.2) is 42.7 Å². The molecule has 18 heavy (non-hydrogen) atoms. The summed E-state index contributed by atoms with van der Waals surface area (Å²) in [4.78, 5) is 0. The number of aryl methyl sites for hydroxylation is 2. The van der Waals surface area contributed by atoms with Crippen molar-refractivity contribution >= 4 is 0 Å². The van der Waals surface area contributed by atoms with Crippen molar-refractivity contribution in [2.45, 2.75) is 31.8 Å². The SMILES string of the molecule is Cn1cc(CC(O)CCCc2ccccc2)cn1. The average Bonchev–Trinajstić information content (AvgIpc) is 2.76.